The smallest absolute Gasteiger partial charge is 0.147 e. The predicted molar refractivity (Wildman–Crippen MR) is 113 cm³/mol. The van der Waals surface area contributed by atoms with Gasteiger partial charge in [0.05, 0.1) is 17.6 Å². The minimum atomic E-state index is 0.402. The van der Waals surface area contributed by atoms with Crippen LogP contribution in [0.2, 0.25) is 0 Å². The molecule has 7 heteroatoms. The van der Waals surface area contributed by atoms with Crippen molar-refractivity contribution in [3.8, 4) is 0 Å². The second kappa shape index (κ2) is 7.58. The fourth-order valence-electron chi connectivity index (χ4n) is 3.42. The molecule has 7 nitrogen and oxygen atoms in total. The van der Waals surface area contributed by atoms with Crippen molar-refractivity contribution in [3.05, 3.63) is 58.2 Å². The van der Waals surface area contributed by atoms with Crippen LogP contribution < -0.4 is 0 Å². The van der Waals surface area contributed by atoms with E-state index in [-0.39, 0.29) is 0 Å². The lowest BCUT2D eigenvalue weighted by molar-refractivity contribution is -0.105. The first-order valence-corrected chi connectivity index (χ1v) is 9.71. The molecule has 0 atom stereocenters. The molecule has 0 saturated carbocycles. The van der Waals surface area contributed by atoms with Crippen LogP contribution in [0.5, 0.6) is 0 Å². The molecule has 29 heavy (non-hydrogen) atoms. The Kier molecular flexibility index (Phi) is 4.96. The molecule has 0 saturated heterocycles. The van der Waals surface area contributed by atoms with Gasteiger partial charge in [0.15, 0.2) is 0 Å². The van der Waals surface area contributed by atoms with Gasteiger partial charge in [0.25, 0.3) is 0 Å². The Bertz CT molecular complexity index is 1250. The van der Waals surface area contributed by atoms with Crippen LogP contribution in [0.1, 0.15) is 28.7 Å². The lowest BCUT2D eigenvalue weighted by Crippen LogP contribution is -2.05. The number of carbonyl (C=O) groups is 1. The van der Waals surface area contributed by atoms with Gasteiger partial charge >= 0.3 is 0 Å². The molecule has 4 rings (SSSR count). The number of hydrogen-bond donors (Lipinski definition) is 0. The van der Waals surface area contributed by atoms with Crippen LogP contribution in [0.3, 0.4) is 0 Å². The van der Waals surface area contributed by atoms with Crippen molar-refractivity contribution in [2.24, 2.45) is 0 Å². The van der Waals surface area contributed by atoms with E-state index in [9.17, 15) is 4.79 Å². The highest BCUT2D eigenvalue weighted by molar-refractivity contribution is 5.78. The third-order valence-corrected chi connectivity index (χ3v) is 5.49. The van der Waals surface area contributed by atoms with Crippen LogP contribution in [-0.2, 0) is 17.9 Å². The van der Waals surface area contributed by atoms with E-state index in [4.69, 9.17) is 0 Å². The third-order valence-electron chi connectivity index (χ3n) is 5.49. The van der Waals surface area contributed by atoms with Crippen molar-refractivity contribution >= 4 is 28.4 Å². The number of nitrogens with zero attached hydrogens (tertiary/aromatic N) is 6. The second-order valence-electron chi connectivity index (χ2n) is 7.60. The van der Waals surface area contributed by atoms with E-state index in [1.54, 1.807) is 4.68 Å². The van der Waals surface area contributed by atoms with Crippen molar-refractivity contribution in [3.63, 3.8) is 0 Å². The molecule has 2 aromatic carbocycles. The highest BCUT2D eigenvalue weighted by Gasteiger charge is 2.09. The fraction of sp³-hybridized carbons (Fsp3) is 0.318. The Morgan fingerprint density at radius 2 is 1.34 bits per heavy atom. The standard InChI is InChI=1S/C22H24N6O/c1-14-8-19-21(10-16(14)3)27(25-23-19)7-5-6-18(13-29)12-28-22-11-17(4)15(2)9-20(22)24-26-28/h6,8-11,13H,5,7,12H2,1-4H3. The molecule has 0 radical (unpaired) electrons. The number of aldehydes is 1. The molecule has 0 aliphatic heterocycles. The molecule has 0 amide bonds. The maximum absolute atomic E-state index is 11.6. The summed E-state index contributed by atoms with van der Waals surface area (Å²) in [6.45, 7) is 9.34. The molecule has 148 valence electrons. The molecule has 2 aromatic heterocycles. The van der Waals surface area contributed by atoms with Crippen LogP contribution in [0.4, 0.5) is 0 Å². The highest BCUT2D eigenvalue weighted by atomic mass is 16.1. The fourth-order valence-corrected chi connectivity index (χ4v) is 3.42. The molecule has 0 N–H and O–H groups in total. The van der Waals surface area contributed by atoms with Crippen LogP contribution in [0.25, 0.3) is 22.1 Å². The number of rotatable bonds is 6. The Balaban J connectivity index is 1.51. The molecule has 2 heterocycles. The molecule has 0 unspecified atom stereocenters. The Morgan fingerprint density at radius 1 is 0.828 bits per heavy atom. The normalized spacial score (nSPS) is 12.2. The van der Waals surface area contributed by atoms with Crippen molar-refractivity contribution in [1.82, 2.24) is 30.0 Å². The quantitative estimate of drug-likeness (QED) is 0.372. The van der Waals surface area contributed by atoms with E-state index < -0.39 is 0 Å². The summed E-state index contributed by atoms with van der Waals surface area (Å²) in [6.07, 6.45) is 3.52. The summed E-state index contributed by atoms with van der Waals surface area (Å²) < 4.78 is 3.66. The average Bonchev–Trinajstić information content (AvgIpc) is 3.26. The topological polar surface area (TPSA) is 78.5 Å². The maximum atomic E-state index is 11.6. The van der Waals surface area contributed by atoms with Gasteiger partial charge in [0, 0.05) is 12.1 Å². The highest BCUT2D eigenvalue weighted by Crippen LogP contribution is 2.19. The SMILES string of the molecule is Cc1cc2nnn(CCC=C(C=O)Cn3nnc4cc(C)c(C)cc43)c2cc1C. The van der Waals surface area contributed by atoms with E-state index in [0.29, 0.717) is 25.1 Å². The summed E-state index contributed by atoms with van der Waals surface area (Å²) in [5.41, 5.74) is 9.16. The zero-order valence-corrected chi connectivity index (χ0v) is 17.2. The molecule has 0 aliphatic rings. The first kappa shape index (κ1) is 19.0. The van der Waals surface area contributed by atoms with Gasteiger partial charge in [-0.15, -0.1) is 10.2 Å². The maximum Gasteiger partial charge on any atom is 0.147 e. The van der Waals surface area contributed by atoms with Crippen LogP contribution in [0, 0.1) is 27.7 Å². The summed E-state index contributed by atoms with van der Waals surface area (Å²) in [7, 11) is 0. The molecule has 0 aliphatic carbocycles. The second-order valence-corrected chi connectivity index (χ2v) is 7.60. The summed E-state index contributed by atoms with van der Waals surface area (Å²) >= 11 is 0. The monoisotopic (exact) mass is 388 g/mol. The molecule has 0 fully saturated rings. The van der Waals surface area contributed by atoms with Crippen molar-refractivity contribution < 1.29 is 4.79 Å². The first-order chi connectivity index (χ1) is 14.0. The average molecular weight is 388 g/mol. The molecule has 0 bridgehead atoms. The number of allylic oxidation sites excluding steroid dienone is 2. The summed E-state index contributed by atoms with van der Waals surface area (Å²) in [5, 5.41) is 17.0. The summed E-state index contributed by atoms with van der Waals surface area (Å²) in [5.74, 6) is 0. The third kappa shape index (κ3) is 3.68. The Hall–Kier alpha value is -3.35. The Morgan fingerprint density at radius 3 is 1.93 bits per heavy atom. The van der Waals surface area contributed by atoms with Crippen molar-refractivity contribution in [2.45, 2.75) is 47.2 Å². The van der Waals surface area contributed by atoms with Crippen LogP contribution in [-0.4, -0.2) is 36.3 Å². The van der Waals surface area contributed by atoms with Gasteiger partial charge in [-0.3, -0.25) is 4.79 Å². The van der Waals surface area contributed by atoms with E-state index in [0.717, 1.165) is 28.4 Å². The lowest BCUT2D eigenvalue weighted by atomic mass is 10.1. The molecule has 4 aromatic rings. The zero-order valence-electron chi connectivity index (χ0n) is 17.2. The first-order valence-electron chi connectivity index (χ1n) is 9.71. The van der Waals surface area contributed by atoms with Gasteiger partial charge in [0.1, 0.15) is 17.3 Å². The summed E-state index contributed by atoms with van der Waals surface area (Å²) in [4.78, 5) is 11.6. The number of aromatic nitrogens is 6. The molecule has 0 spiro atoms. The van der Waals surface area contributed by atoms with Crippen LogP contribution in [0.15, 0.2) is 35.9 Å². The van der Waals surface area contributed by atoms with Gasteiger partial charge in [-0.05, 0) is 80.6 Å². The number of carbonyl (C=O) groups excluding carboxylic acids is 1. The van der Waals surface area contributed by atoms with E-state index in [1.807, 2.05) is 16.8 Å². The molecular weight excluding hydrogens is 364 g/mol. The largest absolute Gasteiger partial charge is 0.298 e. The lowest BCUT2D eigenvalue weighted by Gasteiger charge is -2.05. The zero-order chi connectivity index (χ0) is 20.5. The minimum absolute atomic E-state index is 0.402. The van der Waals surface area contributed by atoms with Gasteiger partial charge in [-0.1, -0.05) is 16.5 Å². The van der Waals surface area contributed by atoms with Gasteiger partial charge in [0.2, 0.25) is 0 Å². The molecular formula is C22H24N6O. The summed E-state index contributed by atoms with van der Waals surface area (Å²) in [6, 6.07) is 8.26. The number of aryl methyl sites for hydroxylation is 5. The number of hydrogen-bond acceptors (Lipinski definition) is 5. The van der Waals surface area contributed by atoms with E-state index >= 15 is 0 Å². The van der Waals surface area contributed by atoms with Crippen molar-refractivity contribution in [2.75, 3.05) is 0 Å². The minimum Gasteiger partial charge on any atom is -0.298 e. The van der Waals surface area contributed by atoms with Gasteiger partial charge in [-0.25, -0.2) is 9.36 Å². The predicted octanol–water partition coefficient (Wildman–Crippen LogP) is 3.63. The number of fused-ring (bicyclic) bond motifs is 2. The van der Waals surface area contributed by atoms with Crippen molar-refractivity contribution in [1.29, 1.82) is 0 Å². The van der Waals surface area contributed by atoms with Crippen LogP contribution >= 0.6 is 0 Å². The Labute approximate surface area is 169 Å². The van der Waals surface area contributed by atoms with Gasteiger partial charge in [-0.2, -0.15) is 0 Å². The number of benzene rings is 2. The van der Waals surface area contributed by atoms with E-state index in [1.165, 1.54) is 22.3 Å². The van der Waals surface area contributed by atoms with E-state index in [2.05, 4.69) is 66.5 Å². The van der Waals surface area contributed by atoms with Gasteiger partial charge < -0.3 is 0 Å².